The third kappa shape index (κ3) is 5.26. The molecule has 0 saturated heterocycles. The van der Waals surface area contributed by atoms with Gasteiger partial charge in [0.1, 0.15) is 34.3 Å². The third-order valence-corrected chi connectivity index (χ3v) is 6.25. The standard InChI is InChI=1S/C25H20BrClF2N4O2/c1-13(2)24-30-7-6-19(32-24)20-10-21(17(27)11-31-20)33-14(3)8-22(23(26)25(33)34)35-12-15-4-5-16(28)9-18(15)29/h4-11,13H,12H2,1-3H3. The Morgan fingerprint density at radius 1 is 1.11 bits per heavy atom. The lowest BCUT2D eigenvalue weighted by molar-refractivity contribution is 0.296. The van der Waals surface area contributed by atoms with Crippen LogP contribution >= 0.6 is 27.5 Å². The van der Waals surface area contributed by atoms with Crippen molar-refractivity contribution >= 4 is 27.5 Å². The molecule has 0 amide bonds. The highest BCUT2D eigenvalue weighted by Crippen LogP contribution is 2.29. The molecule has 3 heterocycles. The van der Waals surface area contributed by atoms with E-state index in [1.807, 2.05) is 13.8 Å². The van der Waals surface area contributed by atoms with Crippen molar-refractivity contribution < 1.29 is 13.5 Å². The van der Waals surface area contributed by atoms with E-state index >= 15 is 0 Å². The summed E-state index contributed by atoms with van der Waals surface area (Å²) in [5.74, 6) is -0.376. The maximum absolute atomic E-state index is 14.0. The molecule has 0 saturated carbocycles. The average molecular weight is 562 g/mol. The Bertz CT molecular complexity index is 1480. The molecule has 0 atom stereocenters. The van der Waals surface area contributed by atoms with Gasteiger partial charge in [-0.05, 0) is 47.1 Å². The molecule has 4 rings (SSSR count). The number of ether oxygens (including phenoxy) is 1. The number of pyridine rings is 2. The van der Waals surface area contributed by atoms with Crippen molar-refractivity contribution in [2.45, 2.75) is 33.3 Å². The van der Waals surface area contributed by atoms with Crippen LogP contribution in [0.2, 0.25) is 5.02 Å². The highest BCUT2D eigenvalue weighted by Gasteiger charge is 2.18. The second-order valence-corrected chi connectivity index (χ2v) is 9.30. The van der Waals surface area contributed by atoms with Crippen molar-refractivity contribution in [3.8, 4) is 22.8 Å². The topological polar surface area (TPSA) is 69.9 Å². The van der Waals surface area contributed by atoms with Crippen LogP contribution in [0, 0.1) is 18.6 Å². The van der Waals surface area contributed by atoms with Gasteiger partial charge in [-0.25, -0.2) is 18.7 Å². The Morgan fingerprint density at radius 3 is 2.60 bits per heavy atom. The molecule has 10 heteroatoms. The molecular weight excluding hydrogens is 542 g/mol. The maximum atomic E-state index is 14.0. The van der Waals surface area contributed by atoms with Crippen molar-refractivity contribution in [3.05, 3.63) is 97.4 Å². The van der Waals surface area contributed by atoms with E-state index in [1.165, 1.54) is 16.8 Å². The molecule has 0 bridgehead atoms. The molecule has 0 aliphatic rings. The van der Waals surface area contributed by atoms with E-state index in [-0.39, 0.29) is 33.3 Å². The second kappa shape index (κ2) is 10.2. The normalized spacial score (nSPS) is 11.2. The van der Waals surface area contributed by atoms with Gasteiger partial charge in [-0.3, -0.25) is 14.3 Å². The number of aryl methyl sites for hydroxylation is 1. The minimum atomic E-state index is -0.729. The summed E-state index contributed by atoms with van der Waals surface area (Å²) in [5.41, 5.74) is 1.81. The predicted octanol–water partition coefficient (Wildman–Crippen LogP) is 6.39. The molecule has 0 N–H and O–H groups in total. The molecule has 0 unspecified atom stereocenters. The monoisotopic (exact) mass is 560 g/mol. The van der Waals surface area contributed by atoms with Gasteiger partial charge in [-0.1, -0.05) is 25.4 Å². The maximum Gasteiger partial charge on any atom is 0.273 e. The van der Waals surface area contributed by atoms with Gasteiger partial charge >= 0.3 is 0 Å². The Morgan fingerprint density at radius 2 is 1.89 bits per heavy atom. The number of halogens is 4. The quantitative estimate of drug-likeness (QED) is 0.273. The summed E-state index contributed by atoms with van der Waals surface area (Å²) in [6.45, 7) is 5.53. The van der Waals surface area contributed by atoms with Crippen LogP contribution in [0.25, 0.3) is 17.1 Å². The molecule has 4 aromatic rings. The fraction of sp³-hybridized carbons (Fsp3) is 0.200. The first-order valence-electron chi connectivity index (χ1n) is 10.6. The van der Waals surface area contributed by atoms with Gasteiger partial charge in [0.25, 0.3) is 5.56 Å². The van der Waals surface area contributed by atoms with Crippen LogP contribution in [0.5, 0.6) is 5.75 Å². The summed E-state index contributed by atoms with van der Waals surface area (Å²) in [7, 11) is 0. The molecule has 0 radical (unpaired) electrons. The average Bonchev–Trinajstić information content (AvgIpc) is 2.82. The number of hydrogen-bond donors (Lipinski definition) is 0. The fourth-order valence-electron chi connectivity index (χ4n) is 3.41. The molecular formula is C25H20BrClF2N4O2. The van der Waals surface area contributed by atoms with Gasteiger partial charge in [-0.2, -0.15) is 0 Å². The summed E-state index contributed by atoms with van der Waals surface area (Å²) >= 11 is 9.72. The van der Waals surface area contributed by atoms with E-state index in [0.29, 0.717) is 28.6 Å². The fourth-order valence-corrected chi connectivity index (χ4v) is 4.01. The van der Waals surface area contributed by atoms with Gasteiger partial charge < -0.3 is 4.74 Å². The van der Waals surface area contributed by atoms with Crippen LogP contribution in [0.15, 0.2) is 58.1 Å². The van der Waals surface area contributed by atoms with E-state index in [0.717, 1.165) is 12.1 Å². The smallest absolute Gasteiger partial charge is 0.273 e. The minimum absolute atomic E-state index is 0.129. The van der Waals surface area contributed by atoms with Crippen molar-refractivity contribution in [1.29, 1.82) is 0 Å². The van der Waals surface area contributed by atoms with Crippen LogP contribution in [-0.2, 0) is 6.61 Å². The first-order chi connectivity index (χ1) is 16.7. The molecule has 0 aliphatic heterocycles. The van der Waals surface area contributed by atoms with E-state index in [1.54, 1.807) is 31.3 Å². The van der Waals surface area contributed by atoms with Crippen molar-refractivity contribution in [3.63, 3.8) is 0 Å². The minimum Gasteiger partial charge on any atom is -0.487 e. The second-order valence-electron chi connectivity index (χ2n) is 8.10. The Labute approximate surface area is 213 Å². The van der Waals surface area contributed by atoms with Crippen LogP contribution in [0.1, 0.15) is 36.8 Å². The third-order valence-electron chi connectivity index (χ3n) is 5.23. The highest BCUT2D eigenvalue weighted by molar-refractivity contribution is 9.10. The number of benzene rings is 1. The molecule has 1 aromatic carbocycles. The molecule has 0 spiro atoms. The van der Waals surface area contributed by atoms with Crippen LogP contribution in [-0.4, -0.2) is 19.5 Å². The van der Waals surface area contributed by atoms with Gasteiger partial charge in [0.05, 0.1) is 22.1 Å². The zero-order valence-corrected chi connectivity index (χ0v) is 21.4. The van der Waals surface area contributed by atoms with Gasteiger partial charge in [0.15, 0.2) is 0 Å². The predicted molar refractivity (Wildman–Crippen MR) is 133 cm³/mol. The van der Waals surface area contributed by atoms with Crippen LogP contribution in [0.3, 0.4) is 0 Å². The number of nitrogens with zero attached hydrogens (tertiary/aromatic N) is 4. The molecule has 6 nitrogen and oxygen atoms in total. The Balaban J connectivity index is 1.71. The number of aromatic nitrogens is 4. The first-order valence-corrected chi connectivity index (χ1v) is 11.8. The van der Waals surface area contributed by atoms with E-state index in [2.05, 4.69) is 30.9 Å². The largest absolute Gasteiger partial charge is 0.487 e. The summed E-state index contributed by atoms with van der Waals surface area (Å²) < 4.78 is 34.3. The lowest BCUT2D eigenvalue weighted by atomic mass is 10.2. The summed E-state index contributed by atoms with van der Waals surface area (Å²) in [6, 6.07) is 8.27. The highest BCUT2D eigenvalue weighted by atomic mass is 79.9. The van der Waals surface area contributed by atoms with E-state index in [9.17, 15) is 13.6 Å². The molecule has 0 aliphatic carbocycles. The van der Waals surface area contributed by atoms with Gasteiger partial charge in [-0.15, -0.1) is 0 Å². The summed E-state index contributed by atoms with van der Waals surface area (Å²) in [4.78, 5) is 26.5. The zero-order valence-electron chi connectivity index (χ0n) is 19.0. The molecule has 0 fully saturated rings. The molecule has 35 heavy (non-hydrogen) atoms. The summed E-state index contributed by atoms with van der Waals surface area (Å²) in [6.07, 6.45) is 3.13. The first kappa shape index (κ1) is 24.9. The molecule has 180 valence electrons. The molecule has 3 aromatic heterocycles. The Kier molecular flexibility index (Phi) is 7.28. The van der Waals surface area contributed by atoms with Gasteiger partial charge in [0.2, 0.25) is 0 Å². The van der Waals surface area contributed by atoms with E-state index in [4.69, 9.17) is 16.3 Å². The van der Waals surface area contributed by atoms with Crippen molar-refractivity contribution in [1.82, 2.24) is 19.5 Å². The van der Waals surface area contributed by atoms with Crippen molar-refractivity contribution in [2.75, 3.05) is 0 Å². The SMILES string of the molecule is Cc1cc(OCc2ccc(F)cc2F)c(Br)c(=O)n1-c1cc(-c2ccnc(C(C)C)n2)ncc1Cl. The summed E-state index contributed by atoms with van der Waals surface area (Å²) in [5, 5.41) is 0.269. The van der Waals surface area contributed by atoms with Gasteiger partial charge in [0, 0.05) is 41.7 Å². The number of rotatable bonds is 6. The number of hydrogen-bond acceptors (Lipinski definition) is 5. The van der Waals surface area contributed by atoms with Crippen molar-refractivity contribution in [2.24, 2.45) is 0 Å². The van der Waals surface area contributed by atoms with Crippen LogP contribution in [0.4, 0.5) is 8.78 Å². The zero-order chi connectivity index (χ0) is 25.3. The Hall–Kier alpha value is -3.17. The lowest BCUT2D eigenvalue weighted by Gasteiger charge is -2.16. The van der Waals surface area contributed by atoms with E-state index < -0.39 is 17.2 Å². The van der Waals surface area contributed by atoms with Crippen LogP contribution < -0.4 is 10.3 Å². The lowest BCUT2D eigenvalue weighted by Crippen LogP contribution is -2.22.